The molecule has 1 aliphatic heterocycles. The summed E-state index contributed by atoms with van der Waals surface area (Å²) in [6.07, 6.45) is 3.42. The zero-order valence-electron chi connectivity index (χ0n) is 13.6. The Kier molecular flexibility index (Phi) is 8.39. The number of halogens is 3. The molecule has 6 heteroatoms. The van der Waals surface area contributed by atoms with E-state index in [9.17, 15) is 0 Å². The Morgan fingerprint density at radius 1 is 1.22 bits per heavy atom. The average Bonchev–Trinajstić information content (AvgIpc) is 2.91. The standard InChI is InChI=1S/C17H24BrN3.2ClH/c1-3-12(2)17(21-8-6-19-7-9-21)15-11-20-16-5-4-13(18)10-14(15)16;;/h4-5,10-12,17,19-20H,3,6-9H2,1-2H3;2*1H/t12?,17-;;/m1../s1. The summed E-state index contributed by atoms with van der Waals surface area (Å²) in [5.41, 5.74) is 2.68. The molecule has 3 rings (SSSR count). The lowest BCUT2D eigenvalue weighted by molar-refractivity contribution is 0.129. The van der Waals surface area contributed by atoms with Crippen LogP contribution in [0.4, 0.5) is 0 Å². The largest absolute Gasteiger partial charge is 0.361 e. The van der Waals surface area contributed by atoms with Crippen LogP contribution >= 0.6 is 40.7 Å². The van der Waals surface area contributed by atoms with Gasteiger partial charge in [0.15, 0.2) is 0 Å². The second kappa shape index (κ2) is 9.28. The normalized spacial score (nSPS) is 18.0. The van der Waals surface area contributed by atoms with Crippen LogP contribution in [0.3, 0.4) is 0 Å². The van der Waals surface area contributed by atoms with Gasteiger partial charge in [-0.05, 0) is 29.7 Å². The number of benzene rings is 1. The van der Waals surface area contributed by atoms with Gasteiger partial charge in [-0.25, -0.2) is 0 Å². The number of H-pyrrole nitrogens is 1. The van der Waals surface area contributed by atoms with Crippen LogP contribution in [-0.2, 0) is 0 Å². The first kappa shape index (κ1) is 20.8. The van der Waals surface area contributed by atoms with Gasteiger partial charge in [0.05, 0.1) is 0 Å². The van der Waals surface area contributed by atoms with Crippen molar-refractivity contribution in [3.05, 3.63) is 34.4 Å². The van der Waals surface area contributed by atoms with Gasteiger partial charge in [0, 0.05) is 53.8 Å². The second-order valence-electron chi connectivity index (χ2n) is 6.05. The molecule has 3 nitrogen and oxygen atoms in total. The Morgan fingerprint density at radius 3 is 2.57 bits per heavy atom. The molecule has 2 atom stereocenters. The van der Waals surface area contributed by atoms with Crippen LogP contribution in [0.2, 0.25) is 0 Å². The molecule has 1 aromatic heterocycles. The van der Waals surface area contributed by atoms with E-state index in [-0.39, 0.29) is 24.8 Å². The number of rotatable bonds is 4. The molecule has 0 amide bonds. The molecule has 2 heterocycles. The van der Waals surface area contributed by atoms with Gasteiger partial charge in [0.1, 0.15) is 0 Å². The molecular weight excluding hydrogens is 397 g/mol. The van der Waals surface area contributed by atoms with Crippen molar-refractivity contribution < 1.29 is 0 Å². The lowest BCUT2D eigenvalue weighted by Gasteiger charge is -2.38. The maximum Gasteiger partial charge on any atom is 0.0458 e. The minimum absolute atomic E-state index is 0. The number of aromatic amines is 1. The van der Waals surface area contributed by atoms with Crippen LogP contribution in [0.5, 0.6) is 0 Å². The Morgan fingerprint density at radius 2 is 1.91 bits per heavy atom. The first-order valence-corrected chi connectivity index (χ1v) is 8.71. The van der Waals surface area contributed by atoms with E-state index in [0.717, 1.165) is 30.7 Å². The third-order valence-electron chi connectivity index (χ3n) is 4.72. The quantitative estimate of drug-likeness (QED) is 0.743. The van der Waals surface area contributed by atoms with Crippen LogP contribution in [-0.4, -0.2) is 36.1 Å². The number of nitrogens with zero attached hydrogens (tertiary/aromatic N) is 1. The molecule has 130 valence electrons. The molecule has 1 fully saturated rings. The van der Waals surface area contributed by atoms with Crippen molar-refractivity contribution in [2.75, 3.05) is 26.2 Å². The van der Waals surface area contributed by atoms with Gasteiger partial charge in [-0.1, -0.05) is 36.2 Å². The maximum absolute atomic E-state index is 3.61. The third kappa shape index (κ3) is 4.43. The van der Waals surface area contributed by atoms with E-state index in [2.05, 4.69) is 69.4 Å². The van der Waals surface area contributed by atoms with Crippen molar-refractivity contribution in [2.24, 2.45) is 5.92 Å². The molecule has 1 aliphatic rings. The van der Waals surface area contributed by atoms with Gasteiger partial charge in [-0.15, -0.1) is 24.8 Å². The van der Waals surface area contributed by atoms with Crippen molar-refractivity contribution in [1.29, 1.82) is 0 Å². The summed E-state index contributed by atoms with van der Waals surface area (Å²) in [7, 11) is 0. The van der Waals surface area contributed by atoms with Gasteiger partial charge in [-0.3, -0.25) is 4.90 Å². The van der Waals surface area contributed by atoms with E-state index in [0.29, 0.717) is 12.0 Å². The van der Waals surface area contributed by atoms with Gasteiger partial charge in [-0.2, -0.15) is 0 Å². The summed E-state index contributed by atoms with van der Waals surface area (Å²) < 4.78 is 1.15. The molecule has 23 heavy (non-hydrogen) atoms. The summed E-state index contributed by atoms with van der Waals surface area (Å²) in [4.78, 5) is 6.10. The third-order valence-corrected chi connectivity index (χ3v) is 5.22. The van der Waals surface area contributed by atoms with Crippen molar-refractivity contribution in [2.45, 2.75) is 26.3 Å². The topological polar surface area (TPSA) is 31.1 Å². The number of aromatic nitrogens is 1. The van der Waals surface area contributed by atoms with Crippen LogP contribution in [0.25, 0.3) is 10.9 Å². The van der Waals surface area contributed by atoms with E-state index in [1.807, 2.05) is 0 Å². The highest BCUT2D eigenvalue weighted by molar-refractivity contribution is 9.10. The molecule has 1 saturated heterocycles. The molecule has 1 aromatic carbocycles. The molecule has 0 saturated carbocycles. The Hall–Kier alpha value is -0.260. The maximum atomic E-state index is 3.61. The first-order chi connectivity index (χ1) is 10.2. The number of fused-ring (bicyclic) bond motifs is 1. The smallest absolute Gasteiger partial charge is 0.0458 e. The van der Waals surface area contributed by atoms with Gasteiger partial charge >= 0.3 is 0 Å². The lowest BCUT2D eigenvalue weighted by atomic mass is 9.90. The van der Waals surface area contributed by atoms with E-state index >= 15 is 0 Å². The van der Waals surface area contributed by atoms with Crippen LogP contribution in [0.15, 0.2) is 28.9 Å². The van der Waals surface area contributed by atoms with Crippen molar-refractivity contribution in [1.82, 2.24) is 15.2 Å². The molecule has 0 radical (unpaired) electrons. The van der Waals surface area contributed by atoms with E-state index in [4.69, 9.17) is 0 Å². The van der Waals surface area contributed by atoms with Crippen LogP contribution in [0.1, 0.15) is 31.9 Å². The molecule has 0 bridgehead atoms. The van der Waals surface area contributed by atoms with Gasteiger partial charge in [0.2, 0.25) is 0 Å². The lowest BCUT2D eigenvalue weighted by Crippen LogP contribution is -2.46. The highest BCUT2D eigenvalue weighted by Gasteiger charge is 2.28. The highest BCUT2D eigenvalue weighted by Crippen LogP contribution is 2.36. The van der Waals surface area contributed by atoms with Crippen LogP contribution in [0, 0.1) is 5.92 Å². The minimum atomic E-state index is 0. The fraction of sp³-hybridized carbons (Fsp3) is 0.529. The van der Waals surface area contributed by atoms with Gasteiger partial charge < -0.3 is 10.3 Å². The fourth-order valence-corrected chi connectivity index (χ4v) is 3.77. The number of hydrogen-bond acceptors (Lipinski definition) is 2. The molecule has 1 unspecified atom stereocenters. The number of piperazine rings is 1. The zero-order valence-corrected chi connectivity index (χ0v) is 16.9. The summed E-state index contributed by atoms with van der Waals surface area (Å²) >= 11 is 3.61. The molecular formula is C17H26BrCl2N3. The average molecular weight is 423 g/mol. The first-order valence-electron chi connectivity index (χ1n) is 7.92. The summed E-state index contributed by atoms with van der Waals surface area (Å²) in [6, 6.07) is 7.01. The van der Waals surface area contributed by atoms with E-state index < -0.39 is 0 Å². The van der Waals surface area contributed by atoms with Crippen molar-refractivity contribution in [3.8, 4) is 0 Å². The zero-order chi connectivity index (χ0) is 14.8. The summed E-state index contributed by atoms with van der Waals surface area (Å²) in [6.45, 7) is 9.14. The molecule has 0 aliphatic carbocycles. The van der Waals surface area contributed by atoms with Crippen LogP contribution < -0.4 is 5.32 Å². The van der Waals surface area contributed by atoms with Crippen molar-refractivity contribution in [3.63, 3.8) is 0 Å². The van der Waals surface area contributed by atoms with Crippen molar-refractivity contribution >= 4 is 51.6 Å². The van der Waals surface area contributed by atoms with E-state index in [1.54, 1.807) is 0 Å². The van der Waals surface area contributed by atoms with E-state index in [1.165, 1.54) is 22.9 Å². The number of nitrogens with one attached hydrogen (secondary N) is 2. The Bertz CT molecular complexity index is 611. The second-order valence-corrected chi connectivity index (χ2v) is 6.97. The fourth-order valence-electron chi connectivity index (χ4n) is 3.41. The van der Waals surface area contributed by atoms with Gasteiger partial charge in [0.25, 0.3) is 0 Å². The monoisotopic (exact) mass is 421 g/mol. The Labute approximate surface area is 159 Å². The SMILES string of the molecule is CCC(C)[C@H](c1c[nH]c2ccc(Br)cc12)N1CCNCC1.Cl.Cl. The predicted octanol–water partition coefficient (Wildman–Crippen LogP) is 4.77. The molecule has 2 aromatic rings. The molecule has 0 spiro atoms. The molecule has 2 N–H and O–H groups in total. The number of hydrogen-bond donors (Lipinski definition) is 2. The predicted molar refractivity (Wildman–Crippen MR) is 107 cm³/mol. The summed E-state index contributed by atoms with van der Waals surface area (Å²) in [5.74, 6) is 0.654. The highest BCUT2D eigenvalue weighted by atomic mass is 79.9. The summed E-state index contributed by atoms with van der Waals surface area (Å²) in [5, 5.41) is 4.82. The Balaban J connectivity index is 0.00000132. The minimum Gasteiger partial charge on any atom is -0.361 e.